The molecular weight excluding hydrogens is 266 g/mol. The highest BCUT2D eigenvalue weighted by Crippen LogP contribution is 2.26. The average Bonchev–Trinajstić information content (AvgIpc) is 2.97. The Balaban J connectivity index is 1.79. The zero-order valence-electron chi connectivity index (χ0n) is 12.1. The summed E-state index contributed by atoms with van der Waals surface area (Å²) < 4.78 is 5.48. The van der Waals surface area contributed by atoms with Crippen LogP contribution in [0.5, 0.6) is 5.75 Å². The molecule has 1 aliphatic carbocycles. The second-order valence-electron chi connectivity index (χ2n) is 5.26. The number of hydrogen-bond donors (Lipinski definition) is 2. The third kappa shape index (κ3) is 5.78. The minimum absolute atomic E-state index is 0.271. The van der Waals surface area contributed by atoms with E-state index in [0.717, 1.165) is 23.7 Å². The number of amides is 1. The number of benzene rings is 1. The first-order valence-corrected chi connectivity index (χ1v) is 7.42. The average molecular weight is 287 g/mol. The van der Waals surface area contributed by atoms with Gasteiger partial charge in [0.15, 0.2) is 0 Å². The second-order valence-corrected chi connectivity index (χ2v) is 5.26. The van der Waals surface area contributed by atoms with Crippen LogP contribution in [-0.4, -0.2) is 24.4 Å². The summed E-state index contributed by atoms with van der Waals surface area (Å²) in [5, 5.41) is 10.7. The quantitative estimate of drug-likeness (QED) is 0.645. The molecule has 1 amide bonds. The molecule has 4 nitrogen and oxygen atoms in total. The van der Waals surface area contributed by atoms with Gasteiger partial charge < -0.3 is 15.2 Å². The number of ether oxygens (including phenoxy) is 1. The Morgan fingerprint density at radius 2 is 2.19 bits per heavy atom. The molecule has 4 heteroatoms. The maximum absolute atomic E-state index is 10.3. The largest absolute Gasteiger partial charge is 0.492 e. The second kappa shape index (κ2) is 8.21. The van der Waals surface area contributed by atoms with E-state index in [1.165, 1.54) is 25.7 Å². The predicted octanol–water partition coefficient (Wildman–Crippen LogP) is 3.26. The monoisotopic (exact) mass is 287 g/mol. The SMILES string of the molecule is O=C(O)NCCOc1cccc(C#CCC2CCCC2)c1. The fourth-order valence-electron chi connectivity index (χ4n) is 2.50. The van der Waals surface area contributed by atoms with Gasteiger partial charge >= 0.3 is 6.09 Å². The van der Waals surface area contributed by atoms with Crippen molar-refractivity contribution in [3.63, 3.8) is 0 Å². The molecule has 0 radical (unpaired) electrons. The zero-order chi connectivity index (χ0) is 14.9. The lowest BCUT2D eigenvalue weighted by Gasteiger charge is -2.06. The van der Waals surface area contributed by atoms with Gasteiger partial charge in [-0.3, -0.25) is 0 Å². The fraction of sp³-hybridized carbons (Fsp3) is 0.471. The van der Waals surface area contributed by atoms with Crippen molar-refractivity contribution in [2.75, 3.05) is 13.2 Å². The summed E-state index contributed by atoms with van der Waals surface area (Å²) in [5.74, 6) is 7.93. The van der Waals surface area contributed by atoms with E-state index in [2.05, 4.69) is 17.2 Å². The van der Waals surface area contributed by atoms with Gasteiger partial charge in [0.05, 0.1) is 6.54 Å². The van der Waals surface area contributed by atoms with Crippen LogP contribution in [0.15, 0.2) is 24.3 Å². The van der Waals surface area contributed by atoms with E-state index in [1.807, 2.05) is 24.3 Å². The highest BCUT2D eigenvalue weighted by molar-refractivity contribution is 5.64. The molecule has 1 aliphatic rings. The number of hydrogen-bond acceptors (Lipinski definition) is 2. The highest BCUT2D eigenvalue weighted by Gasteiger charge is 2.12. The van der Waals surface area contributed by atoms with Crippen LogP contribution in [0.25, 0.3) is 0 Å². The predicted molar refractivity (Wildman–Crippen MR) is 81.4 cm³/mol. The van der Waals surface area contributed by atoms with Gasteiger partial charge in [-0.15, -0.1) is 0 Å². The molecule has 0 aliphatic heterocycles. The van der Waals surface area contributed by atoms with Crippen LogP contribution in [0, 0.1) is 17.8 Å². The molecule has 2 rings (SSSR count). The molecular formula is C17H21NO3. The van der Waals surface area contributed by atoms with Gasteiger partial charge in [0, 0.05) is 12.0 Å². The molecule has 112 valence electrons. The van der Waals surface area contributed by atoms with Crippen LogP contribution in [0.1, 0.15) is 37.7 Å². The Morgan fingerprint density at radius 1 is 1.38 bits per heavy atom. The lowest BCUT2D eigenvalue weighted by atomic mass is 10.0. The van der Waals surface area contributed by atoms with Crippen molar-refractivity contribution in [3.8, 4) is 17.6 Å². The first kappa shape index (κ1) is 15.2. The van der Waals surface area contributed by atoms with Gasteiger partial charge in [0.25, 0.3) is 0 Å². The van der Waals surface area contributed by atoms with Crippen molar-refractivity contribution in [1.29, 1.82) is 0 Å². The van der Waals surface area contributed by atoms with Gasteiger partial charge in [0.1, 0.15) is 12.4 Å². The fourth-order valence-corrected chi connectivity index (χ4v) is 2.50. The maximum Gasteiger partial charge on any atom is 0.404 e. The van der Waals surface area contributed by atoms with Crippen LogP contribution in [0.4, 0.5) is 4.79 Å². The van der Waals surface area contributed by atoms with E-state index in [9.17, 15) is 4.79 Å². The van der Waals surface area contributed by atoms with Crippen LogP contribution < -0.4 is 10.1 Å². The van der Waals surface area contributed by atoms with Gasteiger partial charge in [-0.2, -0.15) is 0 Å². The molecule has 0 aromatic heterocycles. The van der Waals surface area contributed by atoms with Crippen molar-refractivity contribution < 1.29 is 14.6 Å². The normalized spacial score (nSPS) is 14.3. The molecule has 21 heavy (non-hydrogen) atoms. The zero-order valence-corrected chi connectivity index (χ0v) is 12.1. The number of nitrogens with one attached hydrogen (secondary N) is 1. The van der Waals surface area contributed by atoms with E-state index in [4.69, 9.17) is 9.84 Å². The Hall–Kier alpha value is -2.15. The van der Waals surface area contributed by atoms with Crippen molar-refractivity contribution in [2.24, 2.45) is 5.92 Å². The minimum Gasteiger partial charge on any atom is -0.492 e. The van der Waals surface area contributed by atoms with E-state index >= 15 is 0 Å². The summed E-state index contributed by atoms with van der Waals surface area (Å²) in [6, 6.07) is 7.61. The molecule has 1 aromatic rings. The lowest BCUT2D eigenvalue weighted by molar-refractivity contribution is 0.191. The molecule has 0 heterocycles. The molecule has 1 saturated carbocycles. The Morgan fingerprint density at radius 3 is 2.95 bits per heavy atom. The van der Waals surface area contributed by atoms with Gasteiger partial charge in [-0.1, -0.05) is 30.7 Å². The summed E-state index contributed by atoms with van der Waals surface area (Å²) in [4.78, 5) is 10.3. The topological polar surface area (TPSA) is 58.6 Å². The van der Waals surface area contributed by atoms with Crippen LogP contribution >= 0.6 is 0 Å². The smallest absolute Gasteiger partial charge is 0.404 e. The molecule has 1 aromatic carbocycles. The van der Waals surface area contributed by atoms with E-state index in [1.54, 1.807) is 0 Å². The first-order chi connectivity index (χ1) is 10.2. The van der Waals surface area contributed by atoms with Crippen molar-refractivity contribution in [1.82, 2.24) is 5.32 Å². The van der Waals surface area contributed by atoms with Crippen molar-refractivity contribution >= 4 is 6.09 Å². The Kier molecular flexibility index (Phi) is 5.96. The summed E-state index contributed by atoms with van der Waals surface area (Å²) in [7, 11) is 0. The van der Waals surface area contributed by atoms with Gasteiger partial charge in [-0.25, -0.2) is 4.79 Å². The summed E-state index contributed by atoms with van der Waals surface area (Å²) in [6.45, 7) is 0.582. The van der Waals surface area contributed by atoms with Gasteiger partial charge in [0.2, 0.25) is 0 Å². The number of rotatable bonds is 5. The standard InChI is InChI=1S/C17H21NO3/c19-17(20)18-11-12-21-16-10-4-9-15(13-16)8-3-7-14-5-1-2-6-14/h4,9-10,13-14,18H,1-2,5-7,11-12H2,(H,19,20). The number of carboxylic acid groups (broad SMARTS) is 1. The molecule has 0 bridgehead atoms. The van der Waals surface area contributed by atoms with E-state index in [0.29, 0.717) is 6.61 Å². The van der Waals surface area contributed by atoms with E-state index in [-0.39, 0.29) is 6.54 Å². The number of carbonyl (C=O) groups is 1. The third-order valence-electron chi connectivity index (χ3n) is 3.58. The van der Waals surface area contributed by atoms with E-state index < -0.39 is 6.09 Å². The van der Waals surface area contributed by atoms with Crippen LogP contribution in [0.3, 0.4) is 0 Å². The van der Waals surface area contributed by atoms with Crippen molar-refractivity contribution in [3.05, 3.63) is 29.8 Å². The first-order valence-electron chi connectivity index (χ1n) is 7.42. The summed E-state index contributed by atoms with van der Waals surface area (Å²) >= 11 is 0. The highest BCUT2D eigenvalue weighted by atomic mass is 16.5. The lowest BCUT2D eigenvalue weighted by Crippen LogP contribution is -2.26. The molecule has 1 fully saturated rings. The molecule has 0 unspecified atom stereocenters. The van der Waals surface area contributed by atoms with Crippen molar-refractivity contribution in [2.45, 2.75) is 32.1 Å². The summed E-state index contributed by atoms with van der Waals surface area (Å²) in [6.07, 6.45) is 5.27. The Bertz CT molecular complexity index is 524. The molecule has 0 spiro atoms. The Labute approximate surface area is 125 Å². The minimum atomic E-state index is -1.04. The maximum atomic E-state index is 10.3. The third-order valence-corrected chi connectivity index (χ3v) is 3.58. The molecule has 2 N–H and O–H groups in total. The van der Waals surface area contributed by atoms with Crippen LogP contribution in [0.2, 0.25) is 0 Å². The van der Waals surface area contributed by atoms with Crippen LogP contribution in [-0.2, 0) is 0 Å². The summed E-state index contributed by atoms with van der Waals surface area (Å²) in [5.41, 5.74) is 0.941. The van der Waals surface area contributed by atoms with Gasteiger partial charge in [-0.05, 0) is 37.0 Å². The molecule has 0 saturated heterocycles. The molecule has 0 atom stereocenters.